The van der Waals surface area contributed by atoms with Crippen molar-refractivity contribution >= 4 is 9.20 Å². The molecule has 1 atom stereocenters. The Kier molecular flexibility index (Phi) is 7.35. The maximum atomic E-state index is 5.32. The summed E-state index contributed by atoms with van der Waals surface area (Å²) in [6, 6.07) is 1.25. The zero-order valence-corrected chi connectivity index (χ0v) is 8.47. The highest BCUT2D eigenvalue weighted by atomic mass is 28.3. The summed E-state index contributed by atoms with van der Waals surface area (Å²) in [5, 5.41) is 0. The van der Waals surface area contributed by atoms with Crippen molar-refractivity contribution in [1.29, 1.82) is 0 Å². The Morgan fingerprint density at radius 3 is 2.40 bits per heavy atom. The monoisotopic (exact) mass is 161 g/mol. The Morgan fingerprint density at radius 2 is 2.00 bits per heavy atom. The summed E-state index contributed by atoms with van der Waals surface area (Å²) >= 11 is 0. The van der Waals surface area contributed by atoms with Crippen LogP contribution in [0.15, 0.2) is 0 Å². The summed E-state index contributed by atoms with van der Waals surface area (Å²) in [6.07, 6.45) is 2.44. The zero-order chi connectivity index (χ0) is 7.82. The second-order valence-corrected chi connectivity index (χ2v) is 4.90. The number of rotatable bonds is 6. The van der Waals surface area contributed by atoms with Crippen molar-refractivity contribution in [1.82, 2.24) is 4.98 Å². The summed E-state index contributed by atoms with van der Waals surface area (Å²) < 4.78 is 5.32. The van der Waals surface area contributed by atoms with Gasteiger partial charge in [0.15, 0.2) is 0 Å². The molecule has 0 fully saturated rings. The molecule has 0 bridgehead atoms. The van der Waals surface area contributed by atoms with E-state index in [0.717, 1.165) is 6.54 Å². The van der Waals surface area contributed by atoms with Gasteiger partial charge in [-0.1, -0.05) is 20.3 Å². The Hall–Kier alpha value is 0.137. The Balaban J connectivity index is 3.21. The van der Waals surface area contributed by atoms with Gasteiger partial charge >= 0.3 is 0 Å². The highest BCUT2D eigenvalue weighted by molar-refractivity contribution is 6.48. The van der Waals surface area contributed by atoms with Crippen LogP contribution in [0.1, 0.15) is 26.7 Å². The fraction of sp³-hybridized carbons (Fsp3) is 1.00. The molecule has 0 aromatic heterocycles. The number of nitrogens with one attached hydrogen (secondary N) is 1. The minimum atomic E-state index is -0.981. The normalized spacial score (nSPS) is 13.5. The van der Waals surface area contributed by atoms with Gasteiger partial charge in [-0.25, -0.2) is 0 Å². The summed E-state index contributed by atoms with van der Waals surface area (Å²) in [5.74, 6) is 0. The molecule has 0 amide bonds. The maximum absolute atomic E-state index is 5.32. The van der Waals surface area contributed by atoms with Crippen LogP contribution in [0.4, 0.5) is 0 Å². The molecule has 0 radical (unpaired) electrons. The van der Waals surface area contributed by atoms with Gasteiger partial charge in [0.05, 0.1) is 0 Å². The third kappa shape index (κ3) is 4.96. The molecule has 0 heterocycles. The molecule has 0 saturated carbocycles. The summed E-state index contributed by atoms with van der Waals surface area (Å²) in [7, 11) is 0.834. The topological polar surface area (TPSA) is 21.3 Å². The average molecular weight is 161 g/mol. The fourth-order valence-corrected chi connectivity index (χ4v) is 2.61. The molecule has 0 spiro atoms. The number of hydrogen-bond donors (Lipinski definition) is 1. The molecule has 1 N–H and O–H groups in total. The van der Waals surface area contributed by atoms with Gasteiger partial charge in [-0.2, -0.15) is 0 Å². The van der Waals surface area contributed by atoms with Crippen molar-refractivity contribution in [2.24, 2.45) is 0 Å². The second kappa shape index (κ2) is 7.25. The lowest BCUT2D eigenvalue weighted by atomic mass is 10.5. The Labute approximate surface area is 65.8 Å². The first-order valence-electron chi connectivity index (χ1n) is 4.11. The first-order chi connectivity index (χ1) is 4.85. The Bertz CT molecular complexity index is 70.6. The summed E-state index contributed by atoms with van der Waals surface area (Å²) in [4.78, 5) is 3.44. The predicted octanol–water partition coefficient (Wildman–Crippen LogP) is 1.26. The van der Waals surface area contributed by atoms with E-state index in [1.54, 1.807) is 0 Å². The molecule has 0 aliphatic rings. The van der Waals surface area contributed by atoms with Gasteiger partial charge in [-0.3, -0.25) is 0 Å². The summed E-state index contributed by atoms with van der Waals surface area (Å²) in [6.45, 7) is 5.50. The van der Waals surface area contributed by atoms with E-state index in [-0.39, 0.29) is 0 Å². The van der Waals surface area contributed by atoms with Crippen molar-refractivity contribution in [2.45, 2.75) is 32.7 Å². The van der Waals surface area contributed by atoms with E-state index in [1.807, 2.05) is 7.11 Å². The minimum absolute atomic E-state index is 0.981. The second-order valence-electron chi connectivity index (χ2n) is 2.47. The SMILES string of the molecule is CCCN[SiH](CCC)OC. The van der Waals surface area contributed by atoms with Gasteiger partial charge in [0.1, 0.15) is 0 Å². The van der Waals surface area contributed by atoms with Crippen LogP contribution in [0.25, 0.3) is 0 Å². The summed E-state index contributed by atoms with van der Waals surface area (Å²) in [5.41, 5.74) is 0. The van der Waals surface area contributed by atoms with Gasteiger partial charge in [-0.05, 0) is 19.0 Å². The third-order valence-electron chi connectivity index (χ3n) is 1.46. The number of hydrogen-bond acceptors (Lipinski definition) is 2. The zero-order valence-electron chi connectivity index (χ0n) is 7.31. The van der Waals surface area contributed by atoms with Crippen molar-refractivity contribution in [2.75, 3.05) is 13.7 Å². The van der Waals surface area contributed by atoms with Crippen LogP contribution in [0, 0.1) is 0 Å². The van der Waals surface area contributed by atoms with Gasteiger partial charge < -0.3 is 9.41 Å². The molecule has 1 unspecified atom stereocenters. The first kappa shape index (κ1) is 10.1. The van der Waals surface area contributed by atoms with E-state index in [9.17, 15) is 0 Å². The molecule has 0 aliphatic carbocycles. The van der Waals surface area contributed by atoms with E-state index in [2.05, 4.69) is 18.8 Å². The largest absolute Gasteiger partial charge is 0.409 e. The highest BCUT2D eigenvalue weighted by Gasteiger charge is 2.05. The fourth-order valence-electron chi connectivity index (χ4n) is 0.871. The quantitative estimate of drug-likeness (QED) is 0.592. The van der Waals surface area contributed by atoms with E-state index < -0.39 is 9.20 Å². The van der Waals surface area contributed by atoms with E-state index >= 15 is 0 Å². The first-order valence-corrected chi connectivity index (χ1v) is 5.97. The van der Waals surface area contributed by atoms with E-state index in [1.165, 1.54) is 18.9 Å². The highest BCUT2D eigenvalue weighted by Crippen LogP contribution is 1.93. The molecule has 10 heavy (non-hydrogen) atoms. The van der Waals surface area contributed by atoms with Crippen LogP contribution in [-0.2, 0) is 4.43 Å². The van der Waals surface area contributed by atoms with Crippen molar-refractivity contribution in [3.05, 3.63) is 0 Å². The van der Waals surface area contributed by atoms with Gasteiger partial charge in [0.25, 0.3) is 9.20 Å². The van der Waals surface area contributed by atoms with Gasteiger partial charge in [0, 0.05) is 7.11 Å². The Morgan fingerprint density at radius 1 is 1.30 bits per heavy atom. The molecule has 0 saturated heterocycles. The van der Waals surface area contributed by atoms with Crippen molar-refractivity contribution in [3.63, 3.8) is 0 Å². The third-order valence-corrected chi connectivity index (χ3v) is 3.87. The lowest BCUT2D eigenvalue weighted by Gasteiger charge is -2.12. The van der Waals surface area contributed by atoms with Crippen LogP contribution in [0.5, 0.6) is 0 Å². The minimum Gasteiger partial charge on any atom is -0.409 e. The molecule has 2 nitrogen and oxygen atoms in total. The van der Waals surface area contributed by atoms with E-state index in [4.69, 9.17) is 4.43 Å². The van der Waals surface area contributed by atoms with Crippen LogP contribution in [-0.4, -0.2) is 22.9 Å². The van der Waals surface area contributed by atoms with Gasteiger partial charge in [0.2, 0.25) is 0 Å². The van der Waals surface area contributed by atoms with Crippen molar-refractivity contribution in [3.8, 4) is 0 Å². The lowest BCUT2D eigenvalue weighted by Crippen LogP contribution is -2.36. The smallest absolute Gasteiger partial charge is 0.251 e. The van der Waals surface area contributed by atoms with Crippen LogP contribution < -0.4 is 4.98 Å². The average Bonchev–Trinajstić information content (AvgIpc) is 1.98. The van der Waals surface area contributed by atoms with Crippen molar-refractivity contribution < 1.29 is 4.43 Å². The molecular weight excluding hydrogens is 142 g/mol. The predicted molar refractivity (Wildman–Crippen MR) is 47.5 cm³/mol. The standard InChI is InChI=1S/C7H19NOSi/c1-4-6-8-10(9-3)7-5-2/h8,10H,4-7H2,1-3H3. The molecule has 0 aliphatic heterocycles. The van der Waals surface area contributed by atoms with E-state index in [0.29, 0.717) is 0 Å². The van der Waals surface area contributed by atoms with Crippen LogP contribution >= 0.6 is 0 Å². The van der Waals surface area contributed by atoms with Gasteiger partial charge in [-0.15, -0.1) is 0 Å². The molecule has 0 aromatic carbocycles. The molecule has 0 rings (SSSR count). The molecule has 0 aromatic rings. The lowest BCUT2D eigenvalue weighted by molar-refractivity contribution is 0.404. The molecule has 62 valence electrons. The van der Waals surface area contributed by atoms with Crippen LogP contribution in [0.3, 0.4) is 0 Å². The molecular formula is C7H19NOSi. The maximum Gasteiger partial charge on any atom is 0.251 e. The molecule has 3 heteroatoms. The van der Waals surface area contributed by atoms with Crippen LogP contribution in [0.2, 0.25) is 6.04 Å².